The third-order valence-corrected chi connectivity index (χ3v) is 4.45. The summed E-state index contributed by atoms with van der Waals surface area (Å²) in [6.07, 6.45) is 1.45. The van der Waals surface area contributed by atoms with E-state index in [1.807, 2.05) is 19.0 Å². The minimum atomic E-state index is -0.611. The van der Waals surface area contributed by atoms with Crippen LogP contribution in [0.1, 0.15) is 0 Å². The zero-order chi connectivity index (χ0) is 19.9. The number of halogens is 1. The SMILES string of the molecule is CN(C)c1ccc(Cl)cc1NC(=O)Cn1c(=O)c2c(ncn2C)n(C)c1=O. The van der Waals surface area contributed by atoms with Gasteiger partial charge in [-0.05, 0) is 18.2 Å². The van der Waals surface area contributed by atoms with Gasteiger partial charge in [0.15, 0.2) is 11.2 Å². The van der Waals surface area contributed by atoms with Gasteiger partial charge in [0.2, 0.25) is 5.91 Å². The van der Waals surface area contributed by atoms with Crippen molar-refractivity contribution in [2.75, 3.05) is 24.3 Å². The summed E-state index contributed by atoms with van der Waals surface area (Å²) in [7, 11) is 6.82. The second-order valence-corrected chi connectivity index (χ2v) is 6.80. The van der Waals surface area contributed by atoms with Gasteiger partial charge in [-0.1, -0.05) is 11.6 Å². The molecule has 10 heteroatoms. The molecule has 0 radical (unpaired) electrons. The number of fused-ring (bicyclic) bond motifs is 1. The van der Waals surface area contributed by atoms with Crippen LogP contribution in [0.2, 0.25) is 5.02 Å². The fourth-order valence-corrected chi connectivity index (χ4v) is 3.04. The van der Waals surface area contributed by atoms with Crippen LogP contribution in [-0.2, 0) is 25.4 Å². The maximum atomic E-state index is 12.7. The Morgan fingerprint density at radius 2 is 1.96 bits per heavy atom. The Kier molecular flexibility index (Phi) is 4.79. The fraction of sp³-hybridized carbons (Fsp3) is 0.294. The van der Waals surface area contributed by atoms with Crippen molar-refractivity contribution in [2.24, 2.45) is 14.1 Å². The number of anilines is 2. The van der Waals surface area contributed by atoms with Crippen molar-refractivity contribution >= 4 is 40.0 Å². The molecule has 142 valence electrons. The maximum Gasteiger partial charge on any atom is 0.332 e. The molecule has 0 spiro atoms. The molecule has 0 aliphatic rings. The van der Waals surface area contributed by atoms with E-state index in [0.29, 0.717) is 10.7 Å². The molecule has 0 bridgehead atoms. The number of hydrogen-bond donors (Lipinski definition) is 1. The Balaban J connectivity index is 1.99. The van der Waals surface area contributed by atoms with Crippen molar-refractivity contribution in [3.63, 3.8) is 0 Å². The van der Waals surface area contributed by atoms with Gasteiger partial charge in [-0.15, -0.1) is 0 Å². The van der Waals surface area contributed by atoms with Crippen LogP contribution < -0.4 is 21.5 Å². The summed E-state index contributed by atoms with van der Waals surface area (Å²) in [6.45, 7) is -0.425. The van der Waals surface area contributed by atoms with Crippen LogP contribution in [0.5, 0.6) is 0 Å². The molecule has 0 fully saturated rings. The van der Waals surface area contributed by atoms with E-state index in [2.05, 4.69) is 10.3 Å². The first-order valence-corrected chi connectivity index (χ1v) is 8.46. The molecule has 3 aromatic rings. The summed E-state index contributed by atoms with van der Waals surface area (Å²) in [4.78, 5) is 43.6. The smallest absolute Gasteiger partial charge is 0.332 e. The highest BCUT2D eigenvalue weighted by atomic mass is 35.5. The van der Waals surface area contributed by atoms with Gasteiger partial charge in [0.1, 0.15) is 6.54 Å². The highest BCUT2D eigenvalue weighted by molar-refractivity contribution is 6.31. The van der Waals surface area contributed by atoms with Crippen LogP contribution in [0.3, 0.4) is 0 Å². The van der Waals surface area contributed by atoms with Gasteiger partial charge >= 0.3 is 5.69 Å². The lowest BCUT2D eigenvalue weighted by molar-refractivity contribution is -0.116. The minimum absolute atomic E-state index is 0.252. The Hall–Kier alpha value is -3.07. The predicted molar refractivity (Wildman–Crippen MR) is 105 cm³/mol. The monoisotopic (exact) mass is 390 g/mol. The Bertz CT molecular complexity index is 1160. The largest absolute Gasteiger partial charge is 0.376 e. The second-order valence-electron chi connectivity index (χ2n) is 6.36. The first kappa shape index (κ1) is 18.7. The molecule has 3 rings (SSSR count). The highest BCUT2D eigenvalue weighted by Gasteiger charge is 2.18. The molecule has 2 heterocycles. The van der Waals surface area contributed by atoms with E-state index in [1.165, 1.54) is 22.5 Å². The normalized spacial score (nSPS) is 11.0. The fourth-order valence-electron chi connectivity index (χ4n) is 2.87. The molecular formula is C17H19ClN6O3. The molecule has 1 aromatic carbocycles. The van der Waals surface area contributed by atoms with E-state index in [0.717, 1.165) is 10.3 Å². The van der Waals surface area contributed by atoms with E-state index in [-0.39, 0.29) is 11.2 Å². The summed E-state index contributed by atoms with van der Waals surface area (Å²) in [5, 5.41) is 3.17. The predicted octanol–water partition coefficient (Wildman–Crippen LogP) is 0.792. The average Bonchev–Trinajstić information content (AvgIpc) is 2.98. The molecule has 0 aliphatic heterocycles. The van der Waals surface area contributed by atoms with Gasteiger partial charge in [0.05, 0.1) is 17.7 Å². The molecule has 0 saturated carbocycles. The van der Waals surface area contributed by atoms with Crippen LogP contribution in [-0.4, -0.2) is 38.7 Å². The zero-order valence-corrected chi connectivity index (χ0v) is 16.1. The molecular weight excluding hydrogens is 372 g/mol. The Morgan fingerprint density at radius 3 is 2.63 bits per heavy atom. The van der Waals surface area contributed by atoms with Crippen molar-refractivity contribution in [1.29, 1.82) is 0 Å². The minimum Gasteiger partial charge on any atom is -0.376 e. The van der Waals surface area contributed by atoms with Crippen LogP contribution in [0.4, 0.5) is 11.4 Å². The van der Waals surface area contributed by atoms with Crippen LogP contribution in [0, 0.1) is 0 Å². The highest BCUT2D eigenvalue weighted by Crippen LogP contribution is 2.27. The van der Waals surface area contributed by atoms with Gasteiger partial charge < -0.3 is 14.8 Å². The third-order valence-electron chi connectivity index (χ3n) is 4.22. The molecule has 0 saturated heterocycles. The molecule has 9 nitrogen and oxygen atoms in total. The zero-order valence-electron chi connectivity index (χ0n) is 15.4. The Labute approximate surface area is 159 Å². The molecule has 27 heavy (non-hydrogen) atoms. The van der Waals surface area contributed by atoms with Gasteiger partial charge in [0.25, 0.3) is 5.56 Å². The number of benzene rings is 1. The van der Waals surface area contributed by atoms with E-state index < -0.39 is 23.7 Å². The number of nitrogens with one attached hydrogen (secondary N) is 1. The number of nitrogens with zero attached hydrogens (tertiary/aromatic N) is 5. The summed E-state index contributed by atoms with van der Waals surface area (Å²) in [5.41, 5.74) is 0.581. The van der Waals surface area contributed by atoms with Gasteiger partial charge in [-0.25, -0.2) is 14.3 Å². The molecule has 1 N–H and O–H groups in total. The van der Waals surface area contributed by atoms with Crippen molar-refractivity contribution in [1.82, 2.24) is 18.7 Å². The quantitative estimate of drug-likeness (QED) is 0.710. The molecule has 0 atom stereocenters. The summed E-state index contributed by atoms with van der Waals surface area (Å²) < 4.78 is 3.65. The number of carbonyl (C=O) groups is 1. The average molecular weight is 391 g/mol. The van der Waals surface area contributed by atoms with E-state index in [9.17, 15) is 14.4 Å². The third kappa shape index (κ3) is 3.33. The van der Waals surface area contributed by atoms with E-state index in [4.69, 9.17) is 11.6 Å². The summed E-state index contributed by atoms with van der Waals surface area (Å²) >= 11 is 6.02. The number of aryl methyl sites for hydroxylation is 2. The standard InChI is InChI=1S/C17H19ClN6O3/c1-21(2)12-6-5-10(18)7-11(12)20-13(25)8-24-16(26)14-15(19-9-22(14)3)23(4)17(24)27/h5-7,9H,8H2,1-4H3,(H,20,25). The summed E-state index contributed by atoms with van der Waals surface area (Å²) in [6, 6.07) is 5.09. The van der Waals surface area contributed by atoms with Gasteiger partial charge in [-0.2, -0.15) is 0 Å². The molecule has 2 aromatic heterocycles. The first-order valence-electron chi connectivity index (χ1n) is 8.08. The molecule has 1 amide bonds. The number of hydrogen-bond acceptors (Lipinski definition) is 5. The number of amides is 1. The number of carbonyl (C=O) groups excluding carboxylic acids is 1. The van der Waals surface area contributed by atoms with Crippen LogP contribution in [0.15, 0.2) is 34.1 Å². The van der Waals surface area contributed by atoms with Crippen molar-refractivity contribution < 1.29 is 4.79 Å². The van der Waals surface area contributed by atoms with E-state index in [1.54, 1.807) is 25.2 Å². The number of rotatable bonds is 4. The lowest BCUT2D eigenvalue weighted by Crippen LogP contribution is -2.42. The number of imidazole rings is 1. The second kappa shape index (κ2) is 6.92. The van der Waals surface area contributed by atoms with Gasteiger partial charge in [-0.3, -0.25) is 14.2 Å². The lowest BCUT2D eigenvalue weighted by Gasteiger charge is -2.18. The maximum absolute atomic E-state index is 12.7. The topological polar surface area (TPSA) is 94.2 Å². The van der Waals surface area contributed by atoms with Gasteiger partial charge in [0, 0.05) is 33.2 Å². The Morgan fingerprint density at radius 1 is 1.26 bits per heavy atom. The van der Waals surface area contributed by atoms with Crippen molar-refractivity contribution in [3.05, 3.63) is 50.4 Å². The number of aromatic nitrogens is 4. The molecule has 0 unspecified atom stereocenters. The van der Waals surface area contributed by atoms with Crippen molar-refractivity contribution in [3.8, 4) is 0 Å². The summed E-state index contributed by atoms with van der Waals surface area (Å²) in [5.74, 6) is -0.513. The van der Waals surface area contributed by atoms with Crippen LogP contribution in [0.25, 0.3) is 11.2 Å². The molecule has 0 aliphatic carbocycles. The van der Waals surface area contributed by atoms with Crippen molar-refractivity contribution in [2.45, 2.75) is 6.54 Å². The van der Waals surface area contributed by atoms with Crippen LogP contribution >= 0.6 is 11.6 Å². The van der Waals surface area contributed by atoms with E-state index >= 15 is 0 Å². The first-order chi connectivity index (χ1) is 12.7. The lowest BCUT2D eigenvalue weighted by atomic mass is 10.2.